The first-order valence-electron chi connectivity index (χ1n) is 13.8. The summed E-state index contributed by atoms with van der Waals surface area (Å²) in [7, 11) is 1.59. The zero-order chi connectivity index (χ0) is 29.3. The van der Waals surface area contributed by atoms with Gasteiger partial charge in [0.2, 0.25) is 0 Å². The standard InChI is InChI=1S/C29H31FN10O2/c1-17-12-25(39-37-17)35-24-13-23-22(8-11-32-38-23)27(36-24)19-6-9-29(42-3,10-7-19)28(41)34-18(2)20-4-5-26(31-14-20)40-16-21(30)15-33-40/h4-5,8,11-16,18-19H,6-7,9-10H2,1-3H3,(H,34,41)(H2,35,36,37,39)/t18-,19?,29?/m0/s1. The van der Waals surface area contributed by atoms with Crippen LogP contribution in [0.15, 0.2) is 55.1 Å². The molecule has 1 saturated carbocycles. The highest BCUT2D eigenvalue weighted by atomic mass is 19.1. The van der Waals surface area contributed by atoms with E-state index in [1.54, 1.807) is 25.6 Å². The minimum absolute atomic E-state index is 0.108. The second kappa shape index (κ2) is 11.2. The molecule has 1 aliphatic carbocycles. The molecule has 0 aliphatic heterocycles. The maximum atomic E-state index is 13.6. The predicted octanol–water partition coefficient (Wildman–Crippen LogP) is 4.44. The second-order valence-corrected chi connectivity index (χ2v) is 10.6. The molecule has 0 spiro atoms. The molecule has 5 heterocycles. The minimum Gasteiger partial charge on any atom is -0.368 e. The number of carbonyl (C=O) groups excluding carboxylic acids is 1. The van der Waals surface area contributed by atoms with E-state index in [0.29, 0.717) is 43.1 Å². The number of aryl methyl sites for hydroxylation is 1. The van der Waals surface area contributed by atoms with Crippen LogP contribution in [0, 0.1) is 12.7 Å². The number of hydrogen-bond acceptors (Lipinski definition) is 9. The number of amides is 1. The number of pyridine rings is 2. The van der Waals surface area contributed by atoms with Crippen molar-refractivity contribution in [2.45, 2.75) is 57.1 Å². The van der Waals surface area contributed by atoms with Crippen molar-refractivity contribution in [2.24, 2.45) is 0 Å². The van der Waals surface area contributed by atoms with Gasteiger partial charge in [-0.1, -0.05) is 6.07 Å². The number of methoxy groups -OCH3 is 1. The molecule has 5 aromatic rings. The summed E-state index contributed by atoms with van der Waals surface area (Å²) < 4.78 is 20.6. The summed E-state index contributed by atoms with van der Waals surface area (Å²) in [5.41, 5.74) is 2.45. The van der Waals surface area contributed by atoms with Crippen molar-refractivity contribution in [1.82, 2.24) is 45.5 Å². The maximum absolute atomic E-state index is 13.6. The van der Waals surface area contributed by atoms with Crippen LogP contribution in [0.25, 0.3) is 16.7 Å². The van der Waals surface area contributed by atoms with Crippen molar-refractivity contribution >= 4 is 28.4 Å². The van der Waals surface area contributed by atoms with Gasteiger partial charge in [0.25, 0.3) is 5.91 Å². The van der Waals surface area contributed by atoms with Crippen molar-refractivity contribution in [3.63, 3.8) is 0 Å². The zero-order valence-corrected chi connectivity index (χ0v) is 23.5. The van der Waals surface area contributed by atoms with E-state index in [2.05, 4.69) is 41.1 Å². The fourth-order valence-corrected chi connectivity index (χ4v) is 5.51. The highest BCUT2D eigenvalue weighted by Gasteiger charge is 2.43. The van der Waals surface area contributed by atoms with E-state index in [9.17, 15) is 9.18 Å². The molecule has 12 nitrogen and oxygen atoms in total. The topological polar surface area (TPSA) is 148 Å². The molecule has 42 heavy (non-hydrogen) atoms. The average Bonchev–Trinajstić information content (AvgIpc) is 3.64. The van der Waals surface area contributed by atoms with E-state index in [1.165, 1.54) is 10.9 Å². The number of aromatic amines is 1. The van der Waals surface area contributed by atoms with Crippen LogP contribution in [0.1, 0.15) is 61.5 Å². The van der Waals surface area contributed by atoms with Crippen molar-refractivity contribution in [3.05, 3.63) is 77.9 Å². The molecule has 0 bridgehead atoms. The number of H-pyrrole nitrogens is 1. The SMILES string of the molecule is COC1(C(=O)N[C@@H](C)c2ccc(-n3cc(F)cn3)nc2)CCC(c2nc(Nc3cc(C)[nH]n3)cc3nnccc23)CC1. The molecule has 1 fully saturated rings. The Labute approximate surface area is 241 Å². The molecular weight excluding hydrogens is 539 g/mol. The largest absolute Gasteiger partial charge is 0.368 e. The lowest BCUT2D eigenvalue weighted by molar-refractivity contribution is -0.148. The molecule has 1 amide bonds. The number of nitrogens with one attached hydrogen (secondary N) is 3. The Morgan fingerprint density at radius 3 is 2.69 bits per heavy atom. The molecule has 0 unspecified atom stereocenters. The summed E-state index contributed by atoms with van der Waals surface area (Å²) in [6.45, 7) is 3.83. The molecule has 216 valence electrons. The third-order valence-corrected chi connectivity index (χ3v) is 7.89. The van der Waals surface area contributed by atoms with Crippen molar-refractivity contribution in [2.75, 3.05) is 12.4 Å². The van der Waals surface area contributed by atoms with Gasteiger partial charge in [0.15, 0.2) is 17.5 Å². The Morgan fingerprint density at radius 1 is 1.19 bits per heavy atom. The van der Waals surface area contributed by atoms with Gasteiger partial charge in [-0.05, 0) is 57.2 Å². The summed E-state index contributed by atoms with van der Waals surface area (Å²) in [5.74, 6) is 1.30. The maximum Gasteiger partial charge on any atom is 0.252 e. The van der Waals surface area contributed by atoms with Gasteiger partial charge in [0, 0.05) is 42.4 Å². The lowest BCUT2D eigenvalue weighted by atomic mass is 9.76. The monoisotopic (exact) mass is 570 g/mol. The Hall–Kier alpha value is -4.78. The number of rotatable bonds is 8. The van der Waals surface area contributed by atoms with E-state index < -0.39 is 11.4 Å². The first-order chi connectivity index (χ1) is 20.3. The summed E-state index contributed by atoms with van der Waals surface area (Å²) in [6.07, 6.45) is 8.19. The summed E-state index contributed by atoms with van der Waals surface area (Å²) in [4.78, 5) is 22.9. The van der Waals surface area contributed by atoms with Crippen molar-refractivity contribution in [3.8, 4) is 5.82 Å². The molecule has 6 rings (SSSR count). The molecule has 0 saturated heterocycles. The lowest BCUT2D eigenvalue weighted by Crippen LogP contribution is -2.50. The van der Waals surface area contributed by atoms with Gasteiger partial charge in [-0.15, -0.1) is 0 Å². The highest BCUT2D eigenvalue weighted by Crippen LogP contribution is 2.42. The summed E-state index contributed by atoms with van der Waals surface area (Å²) in [6, 6.07) is 8.97. The Balaban J connectivity index is 1.16. The smallest absolute Gasteiger partial charge is 0.252 e. The predicted molar refractivity (Wildman–Crippen MR) is 153 cm³/mol. The van der Waals surface area contributed by atoms with Crippen LogP contribution in [0.4, 0.5) is 16.0 Å². The Morgan fingerprint density at radius 2 is 2.02 bits per heavy atom. The molecule has 13 heteroatoms. The normalized spacial score (nSPS) is 19.5. The van der Waals surface area contributed by atoms with Crippen LogP contribution in [0.5, 0.6) is 0 Å². The van der Waals surface area contributed by atoms with Crippen LogP contribution in [0.2, 0.25) is 0 Å². The Bertz CT molecular complexity index is 1710. The molecular formula is C29H31FN10O2. The van der Waals surface area contributed by atoms with E-state index in [-0.39, 0.29) is 17.9 Å². The van der Waals surface area contributed by atoms with Crippen molar-refractivity contribution < 1.29 is 13.9 Å². The first kappa shape index (κ1) is 27.4. The van der Waals surface area contributed by atoms with Crippen molar-refractivity contribution in [1.29, 1.82) is 0 Å². The number of anilines is 2. The molecule has 0 aromatic carbocycles. The molecule has 3 N–H and O–H groups in total. The fraction of sp³-hybridized carbons (Fsp3) is 0.345. The third-order valence-electron chi connectivity index (χ3n) is 7.89. The fourth-order valence-electron chi connectivity index (χ4n) is 5.51. The van der Waals surface area contributed by atoms with E-state index >= 15 is 0 Å². The van der Waals surface area contributed by atoms with Gasteiger partial charge in [-0.3, -0.25) is 9.89 Å². The van der Waals surface area contributed by atoms with Crippen LogP contribution >= 0.6 is 0 Å². The minimum atomic E-state index is -0.956. The van der Waals surface area contributed by atoms with E-state index in [0.717, 1.165) is 34.1 Å². The van der Waals surface area contributed by atoms with E-state index in [4.69, 9.17) is 9.72 Å². The van der Waals surface area contributed by atoms with Crippen LogP contribution < -0.4 is 10.6 Å². The van der Waals surface area contributed by atoms with Crippen LogP contribution in [-0.2, 0) is 9.53 Å². The van der Waals surface area contributed by atoms with E-state index in [1.807, 2.05) is 38.1 Å². The van der Waals surface area contributed by atoms with Gasteiger partial charge < -0.3 is 15.4 Å². The number of nitrogens with zero attached hydrogens (tertiary/aromatic N) is 7. The van der Waals surface area contributed by atoms with Gasteiger partial charge >= 0.3 is 0 Å². The molecule has 1 atom stereocenters. The molecule has 1 aliphatic rings. The average molecular weight is 571 g/mol. The highest BCUT2D eigenvalue weighted by molar-refractivity contribution is 5.86. The number of fused-ring (bicyclic) bond motifs is 1. The Kier molecular flexibility index (Phi) is 7.33. The third kappa shape index (κ3) is 5.42. The zero-order valence-electron chi connectivity index (χ0n) is 23.5. The number of halogens is 1. The summed E-state index contributed by atoms with van der Waals surface area (Å²) in [5, 5.41) is 26.8. The number of carbonyl (C=O) groups is 1. The van der Waals surface area contributed by atoms with Gasteiger partial charge in [-0.25, -0.2) is 19.0 Å². The quantitative estimate of drug-likeness (QED) is 0.246. The number of hydrogen-bond donors (Lipinski definition) is 3. The van der Waals surface area contributed by atoms with Gasteiger partial charge in [0.1, 0.15) is 11.4 Å². The van der Waals surface area contributed by atoms with Crippen LogP contribution in [0.3, 0.4) is 0 Å². The molecule has 0 radical (unpaired) electrons. The second-order valence-electron chi connectivity index (χ2n) is 10.6. The summed E-state index contributed by atoms with van der Waals surface area (Å²) >= 11 is 0. The van der Waals surface area contributed by atoms with Crippen LogP contribution in [-0.4, -0.2) is 58.8 Å². The number of aromatic nitrogens is 8. The molecule has 5 aromatic heterocycles. The van der Waals surface area contributed by atoms with Gasteiger partial charge in [-0.2, -0.15) is 20.4 Å². The number of ether oxygens (including phenoxy) is 1. The first-order valence-corrected chi connectivity index (χ1v) is 13.8. The lowest BCUT2D eigenvalue weighted by Gasteiger charge is -2.38. The van der Waals surface area contributed by atoms with Gasteiger partial charge in [0.05, 0.1) is 35.8 Å².